The molecule has 1 unspecified atom stereocenters. The highest BCUT2D eigenvalue weighted by molar-refractivity contribution is 5.85. The van der Waals surface area contributed by atoms with E-state index in [9.17, 15) is 31.9 Å². The maximum Gasteiger partial charge on any atom is 0.416 e. The van der Waals surface area contributed by atoms with Crippen molar-refractivity contribution in [1.82, 2.24) is 15.1 Å². The zero-order valence-electron chi connectivity index (χ0n) is 30.2. The fourth-order valence-electron chi connectivity index (χ4n) is 7.19. The van der Waals surface area contributed by atoms with Gasteiger partial charge in [-0.05, 0) is 103 Å². The number of likely N-dealkylation sites (N-methyl/N-ethyl adjacent to an activating group) is 1. The van der Waals surface area contributed by atoms with Crippen molar-refractivity contribution in [3.63, 3.8) is 0 Å². The van der Waals surface area contributed by atoms with Gasteiger partial charge in [-0.2, -0.15) is 13.2 Å². The van der Waals surface area contributed by atoms with Gasteiger partial charge in [-0.3, -0.25) is 19.3 Å². The first-order valence-corrected chi connectivity index (χ1v) is 18.0. The number of nitrogens with zero attached hydrogens (tertiary/aromatic N) is 2. The number of nitrogens with one attached hydrogen (secondary N) is 1. The van der Waals surface area contributed by atoms with Crippen LogP contribution in [0.1, 0.15) is 72.9 Å². The van der Waals surface area contributed by atoms with E-state index in [1.165, 1.54) is 11.9 Å². The van der Waals surface area contributed by atoms with Crippen LogP contribution in [0.5, 0.6) is 11.5 Å². The Labute approximate surface area is 310 Å². The maximum absolute atomic E-state index is 16.6. The highest BCUT2D eigenvalue weighted by Crippen LogP contribution is 2.47. The molecule has 2 fully saturated rings. The van der Waals surface area contributed by atoms with Crippen molar-refractivity contribution >= 4 is 18.2 Å². The van der Waals surface area contributed by atoms with Crippen molar-refractivity contribution in [3.8, 4) is 22.6 Å². The first kappa shape index (κ1) is 38.7. The SMILES string of the molecule is CCOC(=O)C[C@@H]1NC(=O)C(N(C)/C=C(CCN2CC(F)C2)\C(=C/C=O)C(F)(F)F)c2cccc(c2)Oc2cccc(C)c2-c2cc(C3CC3)c(F)c1c2. The molecular formula is C41H42F5N3O5. The highest BCUT2D eigenvalue weighted by Gasteiger charge is 2.38. The second kappa shape index (κ2) is 16.1. The lowest BCUT2D eigenvalue weighted by molar-refractivity contribution is -0.144. The Morgan fingerprint density at radius 2 is 1.81 bits per heavy atom. The minimum absolute atomic E-state index is 0.0441. The van der Waals surface area contributed by atoms with Gasteiger partial charge in [0.05, 0.1) is 24.6 Å². The Balaban J connectivity index is 1.51. The molecule has 1 amide bonds. The summed E-state index contributed by atoms with van der Waals surface area (Å²) in [6, 6.07) is 12.8. The predicted octanol–water partition coefficient (Wildman–Crippen LogP) is 8.18. The minimum Gasteiger partial charge on any atom is -0.466 e. The van der Waals surface area contributed by atoms with E-state index < -0.39 is 54.1 Å². The number of benzene rings is 3. The summed E-state index contributed by atoms with van der Waals surface area (Å²) < 4.78 is 85.1. The van der Waals surface area contributed by atoms with Crippen molar-refractivity contribution in [1.29, 1.82) is 0 Å². The number of halogens is 5. The van der Waals surface area contributed by atoms with Crippen LogP contribution >= 0.6 is 0 Å². The third-order valence-corrected chi connectivity index (χ3v) is 9.95. The molecule has 1 N–H and O–H groups in total. The Morgan fingerprint density at radius 3 is 2.48 bits per heavy atom. The quantitative estimate of drug-likeness (QED) is 0.0696. The van der Waals surface area contributed by atoms with E-state index in [-0.39, 0.29) is 56.0 Å². The van der Waals surface area contributed by atoms with E-state index in [1.807, 2.05) is 19.1 Å². The number of hydrogen-bond donors (Lipinski definition) is 1. The number of carbonyl (C=O) groups is 3. The molecule has 3 aliphatic rings. The Kier molecular flexibility index (Phi) is 11.6. The van der Waals surface area contributed by atoms with Gasteiger partial charge in [0.15, 0.2) is 0 Å². The molecule has 4 bridgehead atoms. The summed E-state index contributed by atoms with van der Waals surface area (Å²) in [4.78, 5) is 42.0. The zero-order chi connectivity index (χ0) is 38.7. The molecular weight excluding hydrogens is 709 g/mol. The summed E-state index contributed by atoms with van der Waals surface area (Å²) in [7, 11) is 1.41. The van der Waals surface area contributed by atoms with Crippen LogP contribution in [0.4, 0.5) is 22.0 Å². The van der Waals surface area contributed by atoms with Crippen molar-refractivity contribution in [2.45, 2.75) is 69.9 Å². The van der Waals surface area contributed by atoms with Gasteiger partial charge in [0.1, 0.15) is 35.8 Å². The van der Waals surface area contributed by atoms with Crippen LogP contribution in [0.25, 0.3) is 11.1 Å². The fraction of sp³-hybridized carbons (Fsp3) is 0.390. The number of aryl methyl sites for hydroxylation is 1. The monoisotopic (exact) mass is 751 g/mol. The fourth-order valence-corrected chi connectivity index (χ4v) is 7.19. The molecule has 2 atom stereocenters. The molecule has 54 heavy (non-hydrogen) atoms. The molecule has 6 rings (SSSR count). The van der Waals surface area contributed by atoms with Gasteiger partial charge in [-0.15, -0.1) is 0 Å². The van der Waals surface area contributed by atoms with Crippen LogP contribution in [-0.4, -0.2) is 73.6 Å². The first-order valence-electron chi connectivity index (χ1n) is 18.0. The van der Waals surface area contributed by atoms with Crippen molar-refractivity contribution in [3.05, 3.63) is 106 Å². The van der Waals surface area contributed by atoms with Crippen molar-refractivity contribution in [2.24, 2.45) is 0 Å². The molecule has 3 aromatic rings. The highest BCUT2D eigenvalue weighted by atomic mass is 19.4. The largest absolute Gasteiger partial charge is 0.466 e. The number of ether oxygens (including phenoxy) is 2. The Morgan fingerprint density at radius 1 is 1.09 bits per heavy atom. The van der Waals surface area contributed by atoms with Gasteiger partial charge >= 0.3 is 12.1 Å². The number of hydrogen-bond acceptors (Lipinski definition) is 7. The predicted molar refractivity (Wildman–Crippen MR) is 192 cm³/mol. The van der Waals surface area contributed by atoms with Crippen molar-refractivity contribution < 1.29 is 45.8 Å². The van der Waals surface area contributed by atoms with Crippen LogP contribution in [0.3, 0.4) is 0 Å². The smallest absolute Gasteiger partial charge is 0.416 e. The lowest BCUT2D eigenvalue weighted by atomic mass is 9.90. The summed E-state index contributed by atoms with van der Waals surface area (Å²) in [5.74, 6) is -1.27. The standard InChI is InChI=1S/C41H42F5N3O5/c1-4-53-36(51)20-34-32-19-28(18-31(38(32)43)25-11-12-25)37-24(2)7-5-10-35(37)54-30-9-6-8-26(17-30)39(40(52)47-34)48(3)21-27(13-15-49-22-29(42)23-49)33(14-16-50)41(44,45)46/h5-10,14,16-19,21,25,29,34,39H,4,11-13,15,20,22-23H2,1-3H3,(H,47,52)/b27-21-,33-14+/t34-,39?/m0/s1. The molecule has 1 aliphatic carbocycles. The van der Waals surface area contributed by atoms with E-state index >= 15 is 4.39 Å². The Hall–Kier alpha value is -5.04. The summed E-state index contributed by atoms with van der Waals surface area (Å²) in [5, 5.41) is 2.86. The summed E-state index contributed by atoms with van der Waals surface area (Å²) in [6.45, 7) is 3.79. The van der Waals surface area contributed by atoms with Gasteiger partial charge in [0, 0.05) is 44.0 Å². The molecule has 0 aromatic heterocycles. The lowest BCUT2D eigenvalue weighted by Crippen LogP contribution is -2.48. The molecule has 1 saturated carbocycles. The number of allylic oxidation sites excluding steroid dienone is 2. The number of aldehydes is 1. The Bertz CT molecular complexity index is 1970. The van der Waals surface area contributed by atoms with Crippen molar-refractivity contribution in [2.75, 3.05) is 33.3 Å². The second-order valence-electron chi connectivity index (χ2n) is 14.0. The van der Waals surface area contributed by atoms with Crippen LogP contribution in [0.2, 0.25) is 0 Å². The van der Waals surface area contributed by atoms with E-state index in [0.29, 0.717) is 39.8 Å². The van der Waals surface area contributed by atoms with Gasteiger partial charge < -0.3 is 19.7 Å². The second-order valence-corrected chi connectivity index (χ2v) is 14.0. The molecule has 3 aromatic carbocycles. The van der Waals surface area contributed by atoms with Crippen LogP contribution < -0.4 is 10.1 Å². The minimum atomic E-state index is -4.93. The van der Waals surface area contributed by atoms with Crippen LogP contribution in [0.15, 0.2) is 78.0 Å². The number of rotatable bonds is 11. The molecule has 2 aliphatic heterocycles. The molecule has 0 spiro atoms. The third-order valence-electron chi connectivity index (χ3n) is 9.95. The zero-order valence-corrected chi connectivity index (χ0v) is 30.2. The topological polar surface area (TPSA) is 88.2 Å². The molecule has 286 valence electrons. The van der Waals surface area contributed by atoms with Gasteiger partial charge in [-0.1, -0.05) is 24.3 Å². The van der Waals surface area contributed by atoms with E-state index in [4.69, 9.17) is 9.47 Å². The first-order chi connectivity index (χ1) is 25.8. The number of fused-ring (bicyclic) bond motifs is 6. The number of esters is 1. The van der Waals surface area contributed by atoms with Crippen LogP contribution in [-0.2, 0) is 19.1 Å². The molecule has 0 radical (unpaired) electrons. The molecule has 13 heteroatoms. The lowest BCUT2D eigenvalue weighted by Gasteiger charge is -2.35. The number of alkyl halides is 4. The van der Waals surface area contributed by atoms with E-state index in [0.717, 1.165) is 24.6 Å². The van der Waals surface area contributed by atoms with Gasteiger partial charge in [-0.25, -0.2) is 8.78 Å². The van der Waals surface area contributed by atoms with E-state index in [2.05, 4.69) is 5.32 Å². The number of carbonyl (C=O) groups excluding carboxylic acids is 3. The number of amides is 1. The van der Waals surface area contributed by atoms with Crippen LogP contribution in [0, 0.1) is 12.7 Å². The summed E-state index contributed by atoms with van der Waals surface area (Å²) in [6.07, 6.45) is -3.48. The summed E-state index contributed by atoms with van der Waals surface area (Å²) in [5.41, 5.74) is 1.46. The van der Waals surface area contributed by atoms with Gasteiger partial charge in [0.2, 0.25) is 5.91 Å². The summed E-state index contributed by atoms with van der Waals surface area (Å²) >= 11 is 0. The third kappa shape index (κ3) is 8.67. The maximum atomic E-state index is 16.6. The average Bonchev–Trinajstić information content (AvgIpc) is 3.93. The molecule has 8 nitrogen and oxygen atoms in total. The molecule has 2 heterocycles. The van der Waals surface area contributed by atoms with E-state index in [1.54, 1.807) is 54.3 Å². The van der Waals surface area contributed by atoms with Gasteiger partial charge in [0.25, 0.3) is 0 Å². The number of likely N-dealkylation sites (tertiary alicyclic amines) is 1. The molecule has 1 saturated heterocycles. The normalized spacial score (nSPS) is 19.6. The average molecular weight is 752 g/mol.